The molecule has 0 spiro atoms. The summed E-state index contributed by atoms with van der Waals surface area (Å²) >= 11 is 0. The molecule has 2 saturated heterocycles. The number of pyridine rings is 1. The number of hydrogen-bond donors (Lipinski definition) is 1. The van der Waals surface area contributed by atoms with E-state index in [2.05, 4.69) is 10.2 Å². The summed E-state index contributed by atoms with van der Waals surface area (Å²) in [5.74, 6) is -0.129. The number of primary amides is 1. The van der Waals surface area contributed by atoms with Gasteiger partial charge >= 0.3 is 0 Å². The number of nitrogens with two attached hydrogens (primary N) is 1. The van der Waals surface area contributed by atoms with Crippen LogP contribution in [-0.4, -0.2) is 68.2 Å². The van der Waals surface area contributed by atoms with Crippen molar-refractivity contribution in [3.8, 4) is 0 Å². The Morgan fingerprint density at radius 3 is 2.56 bits per heavy atom. The number of amides is 2. The number of sulfonamides is 1. The summed E-state index contributed by atoms with van der Waals surface area (Å²) in [6, 6.07) is 6.86. The van der Waals surface area contributed by atoms with Gasteiger partial charge < -0.3 is 15.2 Å². The van der Waals surface area contributed by atoms with Gasteiger partial charge in [0.15, 0.2) is 11.5 Å². The van der Waals surface area contributed by atoms with Crippen molar-refractivity contribution >= 4 is 27.5 Å². The Labute approximate surface area is 197 Å². The Morgan fingerprint density at radius 2 is 1.85 bits per heavy atom. The molecule has 180 valence electrons. The first-order valence-corrected chi connectivity index (χ1v) is 12.8. The van der Waals surface area contributed by atoms with Crippen LogP contribution in [0.4, 0.5) is 0 Å². The molecule has 0 bridgehead atoms. The molecule has 2 aliphatic heterocycles. The molecule has 34 heavy (non-hydrogen) atoms. The molecule has 0 aromatic carbocycles. The number of rotatable bonds is 5. The maximum Gasteiger partial charge on any atom is 0.265 e. The van der Waals surface area contributed by atoms with E-state index < -0.39 is 15.9 Å². The van der Waals surface area contributed by atoms with Crippen LogP contribution in [0.3, 0.4) is 0 Å². The third-order valence-electron chi connectivity index (χ3n) is 6.85. The fourth-order valence-corrected chi connectivity index (χ4v) is 6.57. The highest BCUT2D eigenvalue weighted by Gasteiger charge is 2.39. The molecular weight excluding hydrogens is 458 g/mol. The van der Waals surface area contributed by atoms with Crippen molar-refractivity contribution in [1.82, 2.24) is 28.4 Å². The standard InChI is InChI=1S/C22H27N7O4S/c1-26-14-16(13-18(26)20(23)30)34(32,33)27-11-7-15(8-12-27)22(31)28-10-4-5-17(28)21-25-24-19-6-2-3-9-29(19)21/h2-3,6,9,13-15,17H,4-5,7-8,10-12H2,1H3,(H2,23,30)/t17-/m0/s1. The number of carbonyl (C=O) groups excluding carboxylic acids is 2. The quantitative estimate of drug-likeness (QED) is 0.571. The Hall–Kier alpha value is -3.25. The zero-order valence-electron chi connectivity index (χ0n) is 18.9. The van der Waals surface area contributed by atoms with Gasteiger partial charge in [0.2, 0.25) is 15.9 Å². The monoisotopic (exact) mass is 485 g/mol. The number of hydrogen-bond acceptors (Lipinski definition) is 6. The Morgan fingerprint density at radius 1 is 1.09 bits per heavy atom. The molecule has 3 aromatic rings. The van der Waals surface area contributed by atoms with Crippen molar-refractivity contribution in [3.63, 3.8) is 0 Å². The number of aromatic nitrogens is 4. The summed E-state index contributed by atoms with van der Waals surface area (Å²) in [6.07, 6.45) is 5.90. The highest BCUT2D eigenvalue weighted by atomic mass is 32.2. The lowest BCUT2D eigenvalue weighted by molar-refractivity contribution is -0.137. The first-order valence-electron chi connectivity index (χ1n) is 11.3. The smallest absolute Gasteiger partial charge is 0.265 e. The predicted molar refractivity (Wildman–Crippen MR) is 122 cm³/mol. The molecule has 0 radical (unpaired) electrons. The minimum absolute atomic E-state index is 0.0341. The van der Waals surface area contributed by atoms with E-state index in [-0.39, 0.29) is 41.5 Å². The van der Waals surface area contributed by atoms with Crippen LogP contribution in [0, 0.1) is 5.92 Å². The zero-order valence-corrected chi connectivity index (χ0v) is 19.7. The lowest BCUT2D eigenvalue weighted by atomic mass is 9.96. The van der Waals surface area contributed by atoms with Gasteiger partial charge in [0.25, 0.3) is 5.91 Å². The number of carbonyl (C=O) groups is 2. The molecule has 2 fully saturated rings. The molecule has 3 aromatic heterocycles. The molecule has 11 nitrogen and oxygen atoms in total. The van der Waals surface area contributed by atoms with Gasteiger partial charge in [-0.05, 0) is 43.9 Å². The highest BCUT2D eigenvalue weighted by Crippen LogP contribution is 2.34. The fourth-order valence-electron chi connectivity index (χ4n) is 5.03. The largest absolute Gasteiger partial charge is 0.364 e. The summed E-state index contributed by atoms with van der Waals surface area (Å²) < 4.78 is 30.9. The van der Waals surface area contributed by atoms with E-state index in [4.69, 9.17) is 5.73 Å². The normalized spacial score (nSPS) is 20.3. The summed E-state index contributed by atoms with van der Waals surface area (Å²) in [4.78, 5) is 26.9. The summed E-state index contributed by atoms with van der Waals surface area (Å²) in [5, 5.41) is 8.58. The third-order valence-corrected chi connectivity index (χ3v) is 8.71. The van der Waals surface area contributed by atoms with Crippen molar-refractivity contribution in [1.29, 1.82) is 0 Å². The van der Waals surface area contributed by atoms with E-state index >= 15 is 0 Å². The summed E-state index contributed by atoms with van der Waals surface area (Å²) in [6.45, 7) is 1.14. The van der Waals surface area contributed by atoms with E-state index in [9.17, 15) is 18.0 Å². The number of nitrogens with zero attached hydrogens (tertiary/aromatic N) is 6. The zero-order chi connectivity index (χ0) is 24.0. The molecule has 1 atom stereocenters. The molecule has 5 rings (SSSR count). The van der Waals surface area contributed by atoms with E-state index in [0.29, 0.717) is 19.4 Å². The molecule has 0 saturated carbocycles. The molecule has 0 unspecified atom stereocenters. The van der Waals surface area contributed by atoms with Crippen LogP contribution in [0.15, 0.2) is 41.6 Å². The first kappa shape index (κ1) is 22.5. The van der Waals surface area contributed by atoms with Gasteiger partial charge in [-0.3, -0.25) is 14.0 Å². The minimum Gasteiger partial charge on any atom is -0.364 e. The number of piperidine rings is 1. The molecule has 2 amide bonds. The molecule has 5 heterocycles. The second-order valence-electron chi connectivity index (χ2n) is 8.89. The second kappa shape index (κ2) is 8.51. The van der Waals surface area contributed by atoms with E-state index in [0.717, 1.165) is 24.3 Å². The van der Waals surface area contributed by atoms with Crippen LogP contribution in [0.1, 0.15) is 48.0 Å². The van der Waals surface area contributed by atoms with E-state index in [1.54, 1.807) is 7.05 Å². The average molecular weight is 486 g/mol. The maximum atomic E-state index is 13.4. The van der Waals surface area contributed by atoms with Gasteiger partial charge in [-0.1, -0.05) is 6.07 Å². The van der Waals surface area contributed by atoms with E-state index in [1.165, 1.54) is 21.1 Å². The van der Waals surface area contributed by atoms with Crippen LogP contribution < -0.4 is 5.73 Å². The molecule has 0 aliphatic carbocycles. The Kier molecular flexibility index (Phi) is 5.64. The van der Waals surface area contributed by atoms with Gasteiger partial charge in [-0.25, -0.2) is 8.42 Å². The highest BCUT2D eigenvalue weighted by molar-refractivity contribution is 7.89. The predicted octanol–water partition coefficient (Wildman–Crippen LogP) is 0.931. The minimum atomic E-state index is -3.78. The van der Waals surface area contributed by atoms with Crippen molar-refractivity contribution in [2.45, 2.75) is 36.6 Å². The van der Waals surface area contributed by atoms with Crippen molar-refractivity contribution < 1.29 is 18.0 Å². The van der Waals surface area contributed by atoms with Crippen LogP contribution in [0.5, 0.6) is 0 Å². The Balaban J connectivity index is 1.28. The lowest BCUT2D eigenvalue weighted by Crippen LogP contribution is -2.44. The van der Waals surface area contributed by atoms with Crippen molar-refractivity contribution in [2.24, 2.45) is 18.7 Å². The van der Waals surface area contributed by atoms with Crippen LogP contribution in [0.25, 0.3) is 5.65 Å². The molecule has 12 heteroatoms. The van der Waals surface area contributed by atoms with Gasteiger partial charge in [0.05, 0.1) is 6.04 Å². The maximum absolute atomic E-state index is 13.4. The van der Waals surface area contributed by atoms with Gasteiger partial charge in [-0.15, -0.1) is 10.2 Å². The number of likely N-dealkylation sites (tertiary alicyclic amines) is 1. The lowest BCUT2D eigenvalue weighted by Gasteiger charge is -2.33. The van der Waals surface area contributed by atoms with E-state index in [1.807, 2.05) is 33.7 Å². The average Bonchev–Trinajstić information content (AvgIpc) is 3.56. The Bertz CT molecular complexity index is 1350. The summed E-state index contributed by atoms with van der Waals surface area (Å²) in [7, 11) is -2.20. The molecule has 2 aliphatic rings. The van der Waals surface area contributed by atoms with Gasteiger partial charge in [-0.2, -0.15) is 4.31 Å². The van der Waals surface area contributed by atoms with Crippen molar-refractivity contribution in [2.75, 3.05) is 19.6 Å². The number of aryl methyl sites for hydroxylation is 1. The molecule has 2 N–H and O–H groups in total. The van der Waals surface area contributed by atoms with Gasteiger partial charge in [0.1, 0.15) is 10.6 Å². The topological polar surface area (TPSA) is 136 Å². The SMILES string of the molecule is Cn1cc(S(=O)(=O)N2CCC(C(=O)N3CCC[C@H]3c3nnc4ccccn34)CC2)cc1C(N)=O. The fraction of sp³-hybridized carbons (Fsp3) is 0.455. The second-order valence-corrected chi connectivity index (χ2v) is 10.8. The van der Waals surface area contributed by atoms with Crippen LogP contribution in [-0.2, 0) is 21.9 Å². The van der Waals surface area contributed by atoms with Crippen LogP contribution >= 0.6 is 0 Å². The van der Waals surface area contributed by atoms with Crippen LogP contribution in [0.2, 0.25) is 0 Å². The van der Waals surface area contributed by atoms with Crippen molar-refractivity contribution in [3.05, 3.63) is 48.2 Å². The molecular formula is C22H27N7O4S. The number of fused-ring (bicyclic) bond motifs is 1. The van der Waals surface area contributed by atoms with Gasteiger partial charge in [0, 0.05) is 45.0 Å². The summed E-state index contributed by atoms with van der Waals surface area (Å²) in [5.41, 5.74) is 6.19. The first-order chi connectivity index (χ1) is 16.3. The third kappa shape index (κ3) is 3.76.